The van der Waals surface area contributed by atoms with Crippen LogP contribution in [-0.4, -0.2) is 23.9 Å². The molecule has 0 unspecified atom stereocenters. The monoisotopic (exact) mass is 236 g/mol. The lowest BCUT2D eigenvalue weighted by molar-refractivity contribution is -0.133. The first-order chi connectivity index (χ1) is 8.17. The summed E-state index contributed by atoms with van der Waals surface area (Å²) in [7, 11) is 0. The Labute approximate surface area is 105 Å². The molecule has 0 spiro atoms. The molecule has 0 bridgehead atoms. The highest BCUT2D eigenvalue weighted by Gasteiger charge is 2.31. The van der Waals surface area contributed by atoms with E-state index in [4.69, 9.17) is 0 Å². The van der Waals surface area contributed by atoms with Crippen molar-refractivity contribution in [3.05, 3.63) is 0 Å². The molecule has 3 nitrogen and oxygen atoms in total. The molecule has 1 rings (SSSR count). The molecule has 1 aliphatic rings. The van der Waals surface area contributed by atoms with Crippen molar-refractivity contribution in [1.82, 2.24) is 4.90 Å². The number of hydrogen-bond acceptors (Lipinski definition) is 2. The Morgan fingerprint density at radius 1 is 1.18 bits per heavy atom. The molecule has 3 heteroatoms. The smallest absolute Gasteiger partial charge is 0.224 e. The van der Waals surface area contributed by atoms with Crippen molar-refractivity contribution >= 4 is 5.91 Å². The SMILES string of the molecule is CCC(C#N)(CC)CC(=O)N1CCCCCC1. The molecule has 0 radical (unpaired) electrons. The molecule has 1 aliphatic heterocycles. The van der Waals surface area contributed by atoms with Gasteiger partial charge in [-0.1, -0.05) is 26.7 Å². The lowest BCUT2D eigenvalue weighted by atomic mass is 9.80. The molecule has 0 aromatic carbocycles. The number of hydrogen-bond donors (Lipinski definition) is 0. The van der Waals surface area contributed by atoms with Crippen molar-refractivity contribution in [3.8, 4) is 6.07 Å². The van der Waals surface area contributed by atoms with Gasteiger partial charge in [0.15, 0.2) is 0 Å². The third-order valence-electron chi connectivity index (χ3n) is 4.04. The van der Waals surface area contributed by atoms with Crippen LogP contribution in [0.1, 0.15) is 58.8 Å². The number of amides is 1. The van der Waals surface area contributed by atoms with E-state index in [1.807, 2.05) is 18.7 Å². The highest BCUT2D eigenvalue weighted by atomic mass is 16.2. The minimum absolute atomic E-state index is 0.178. The summed E-state index contributed by atoms with van der Waals surface area (Å²) in [4.78, 5) is 14.2. The Kier molecular flexibility index (Phi) is 5.47. The number of likely N-dealkylation sites (tertiary alicyclic amines) is 1. The molecule has 1 fully saturated rings. The molecule has 0 aliphatic carbocycles. The zero-order valence-corrected chi connectivity index (χ0v) is 11.2. The Balaban J connectivity index is 2.60. The van der Waals surface area contributed by atoms with Crippen molar-refractivity contribution in [2.45, 2.75) is 58.8 Å². The van der Waals surface area contributed by atoms with E-state index < -0.39 is 5.41 Å². The predicted octanol–water partition coefficient (Wildman–Crippen LogP) is 3.11. The summed E-state index contributed by atoms with van der Waals surface area (Å²) in [6.07, 6.45) is 6.62. The fourth-order valence-corrected chi connectivity index (χ4v) is 2.42. The molecule has 0 N–H and O–H groups in total. The lowest BCUT2D eigenvalue weighted by Crippen LogP contribution is -2.35. The molecule has 0 aromatic rings. The summed E-state index contributed by atoms with van der Waals surface area (Å²) in [5.41, 5.74) is -0.441. The Morgan fingerprint density at radius 2 is 1.71 bits per heavy atom. The van der Waals surface area contributed by atoms with Gasteiger partial charge in [-0.05, 0) is 25.7 Å². The molecule has 0 atom stereocenters. The normalized spacial score (nSPS) is 17.4. The van der Waals surface area contributed by atoms with Crippen molar-refractivity contribution in [2.24, 2.45) is 5.41 Å². The highest BCUT2D eigenvalue weighted by molar-refractivity contribution is 5.77. The number of nitriles is 1. The zero-order chi connectivity index (χ0) is 12.7. The summed E-state index contributed by atoms with van der Waals surface area (Å²) < 4.78 is 0. The summed E-state index contributed by atoms with van der Waals surface area (Å²) in [6, 6.07) is 2.35. The molecular weight excluding hydrogens is 212 g/mol. The summed E-state index contributed by atoms with van der Waals surface area (Å²) in [5.74, 6) is 0.178. The van der Waals surface area contributed by atoms with Crippen molar-refractivity contribution in [2.75, 3.05) is 13.1 Å². The predicted molar refractivity (Wildman–Crippen MR) is 68.3 cm³/mol. The van der Waals surface area contributed by atoms with E-state index >= 15 is 0 Å². The molecule has 17 heavy (non-hydrogen) atoms. The topological polar surface area (TPSA) is 44.1 Å². The van der Waals surface area contributed by atoms with Gasteiger partial charge in [0, 0.05) is 19.5 Å². The number of rotatable bonds is 4. The first-order valence-electron chi connectivity index (χ1n) is 6.86. The van der Waals surface area contributed by atoms with Crippen molar-refractivity contribution in [3.63, 3.8) is 0 Å². The van der Waals surface area contributed by atoms with Crippen LogP contribution in [-0.2, 0) is 4.79 Å². The third-order valence-corrected chi connectivity index (χ3v) is 4.04. The first-order valence-corrected chi connectivity index (χ1v) is 6.86. The fraction of sp³-hybridized carbons (Fsp3) is 0.857. The average Bonchev–Trinajstić information content (AvgIpc) is 2.65. The Hall–Kier alpha value is -1.04. The van der Waals surface area contributed by atoms with E-state index in [0.717, 1.165) is 38.8 Å². The van der Waals surface area contributed by atoms with Crippen LogP contribution < -0.4 is 0 Å². The summed E-state index contributed by atoms with van der Waals surface area (Å²) in [6.45, 7) is 5.77. The van der Waals surface area contributed by atoms with Gasteiger partial charge in [-0.2, -0.15) is 5.26 Å². The number of carbonyl (C=O) groups excluding carboxylic acids is 1. The molecule has 0 saturated carbocycles. The molecule has 1 amide bonds. The van der Waals surface area contributed by atoms with Gasteiger partial charge in [0.05, 0.1) is 11.5 Å². The van der Waals surface area contributed by atoms with Gasteiger partial charge in [0.1, 0.15) is 0 Å². The van der Waals surface area contributed by atoms with Gasteiger partial charge in [0.25, 0.3) is 0 Å². The van der Waals surface area contributed by atoms with E-state index in [2.05, 4.69) is 6.07 Å². The molecular formula is C14H24N2O. The zero-order valence-electron chi connectivity index (χ0n) is 11.2. The van der Waals surface area contributed by atoms with Crippen LogP contribution in [0, 0.1) is 16.7 Å². The second-order valence-electron chi connectivity index (χ2n) is 5.07. The van der Waals surface area contributed by atoms with E-state index in [-0.39, 0.29) is 5.91 Å². The molecule has 1 heterocycles. The van der Waals surface area contributed by atoms with Gasteiger partial charge in [-0.3, -0.25) is 4.79 Å². The van der Waals surface area contributed by atoms with Crippen LogP contribution in [0.25, 0.3) is 0 Å². The van der Waals surface area contributed by atoms with Gasteiger partial charge in [-0.15, -0.1) is 0 Å². The standard InChI is InChI=1S/C14H24N2O/c1-3-14(4-2,12-15)11-13(17)16-9-7-5-6-8-10-16/h3-11H2,1-2H3. The lowest BCUT2D eigenvalue weighted by Gasteiger charge is -2.27. The van der Waals surface area contributed by atoms with Crippen LogP contribution >= 0.6 is 0 Å². The molecule has 0 aromatic heterocycles. The van der Waals surface area contributed by atoms with Crippen LogP contribution in [0.15, 0.2) is 0 Å². The third kappa shape index (κ3) is 3.73. The fourth-order valence-electron chi connectivity index (χ4n) is 2.42. The van der Waals surface area contributed by atoms with E-state index in [9.17, 15) is 10.1 Å². The van der Waals surface area contributed by atoms with E-state index in [1.54, 1.807) is 0 Å². The molecule has 96 valence electrons. The highest BCUT2D eigenvalue weighted by Crippen LogP contribution is 2.30. The van der Waals surface area contributed by atoms with Crippen molar-refractivity contribution < 1.29 is 4.79 Å². The van der Waals surface area contributed by atoms with Crippen LogP contribution in [0.2, 0.25) is 0 Å². The maximum Gasteiger partial charge on any atom is 0.224 e. The second-order valence-corrected chi connectivity index (χ2v) is 5.07. The molecule has 1 saturated heterocycles. The van der Waals surface area contributed by atoms with Crippen LogP contribution in [0.4, 0.5) is 0 Å². The average molecular weight is 236 g/mol. The minimum atomic E-state index is -0.441. The van der Waals surface area contributed by atoms with E-state index in [0.29, 0.717) is 6.42 Å². The quantitative estimate of drug-likeness (QED) is 0.752. The second kappa shape index (κ2) is 6.64. The Bertz CT molecular complexity index is 281. The number of carbonyl (C=O) groups is 1. The summed E-state index contributed by atoms with van der Waals surface area (Å²) >= 11 is 0. The van der Waals surface area contributed by atoms with Crippen molar-refractivity contribution in [1.29, 1.82) is 5.26 Å². The Morgan fingerprint density at radius 3 is 2.12 bits per heavy atom. The van der Waals surface area contributed by atoms with Crippen LogP contribution in [0.3, 0.4) is 0 Å². The van der Waals surface area contributed by atoms with Gasteiger partial charge >= 0.3 is 0 Å². The largest absolute Gasteiger partial charge is 0.343 e. The summed E-state index contributed by atoms with van der Waals surface area (Å²) in [5, 5.41) is 9.26. The maximum absolute atomic E-state index is 12.2. The van der Waals surface area contributed by atoms with E-state index in [1.165, 1.54) is 12.8 Å². The number of nitrogens with zero attached hydrogens (tertiary/aromatic N) is 2. The van der Waals surface area contributed by atoms with Gasteiger partial charge in [-0.25, -0.2) is 0 Å². The maximum atomic E-state index is 12.2. The van der Waals surface area contributed by atoms with Crippen LogP contribution in [0.5, 0.6) is 0 Å². The minimum Gasteiger partial charge on any atom is -0.343 e. The van der Waals surface area contributed by atoms with Gasteiger partial charge < -0.3 is 4.90 Å². The van der Waals surface area contributed by atoms with Gasteiger partial charge in [0.2, 0.25) is 5.91 Å². The first kappa shape index (κ1) is 14.0.